The number of nitrogens with two attached hydrogens (primary N) is 1. The van der Waals surface area contributed by atoms with Crippen molar-refractivity contribution < 1.29 is 14.3 Å². The van der Waals surface area contributed by atoms with Crippen molar-refractivity contribution in [2.45, 2.75) is 12.0 Å². The van der Waals surface area contributed by atoms with Gasteiger partial charge in [-0.1, -0.05) is 23.7 Å². The fourth-order valence-corrected chi connectivity index (χ4v) is 2.05. The van der Waals surface area contributed by atoms with Crippen LogP contribution < -0.4 is 5.73 Å². The summed E-state index contributed by atoms with van der Waals surface area (Å²) in [6.07, 6.45) is 0.324. The highest BCUT2D eigenvalue weighted by atomic mass is 35.5. The van der Waals surface area contributed by atoms with Gasteiger partial charge in [0.05, 0.1) is 13.0 Å². The van der Waals surface area contributed by atoms with Gasteiger partial charge in [-0.25, -0.2) is 0 Å². The van der Waals surface area contributed by atoms with E-state index in [2.05, 4.69) is 4.74 Å². The quantitative estimate of drug-likeness (QED) is 0.653. The Labute approximate surface area is 104 Å². The van der Waals surface area contributed by atoms with Gasteiger partial charge < -0.3 is 10.5 Å². The summed E-state index contributed by atoms with van der Waals surface area (Å²) >= 11 is 5.80. The molecule has 0 radical (unpaired) electrons. The number of ketones is 1. The van der Waals surface area contributed by atoms with Crippen molar-refractivity contribution in [1.29, 1.82) is 0 Å². The van der Waals surface area contributed by atoms with Gasteiger partial charge in [-0.2, -0.15) is 0 Å². The average Bonchev–Trinajstić information content (AvgIpc) is 3.01. The second-order valence-electron chi connectivity index (χ2n) is 4.16. The van der Waals surface area contributed by atoms with Crippen LogP contribution in [0, 0.1) is 5.92 Å². The number of carbonyl (C=O) groups is 2. The molecule has 0 saturated heterocycles. The Kier molecular flexibility index (Phi) is 2.93. The fraction of sp³-hybridized carbons (Fsp3) is 0.333. The van der Waals surface area contributed by atoms with Gasteiger partial charge in [0.2, 0.25) is 0 Å². The van der Waals surface area contributed by atoms with Crippen LogP contribution in [0.5, 0.6) is 0 Å². The van der Waals surface area contributed by atoms with Crippen molar-refractivity contribution in [2.24, 2.45) is 11.7 Å². The van der Waals surface area contributed by atoms with E-state index in [9.17, 15) is 9.59 Å². The zero-order valence-electron chi connectivity index (χ0n) is 9.27. The molecular formula is C12H12ClNO3. The molecule has 0 heterocycles. The van der Waals surface area contributed by atoms with Gasteiger partial charge in [0.25, 0.3) is 0 Å². The van der Waals surface area contributed by atoms with Crippen LogP contribution in [0.2, 0.25) is 5.02 Å². The van der Waals surface area contributed by atoms with E-state index in [0.29, 0.717) is 17.0 Å². The van der Waals surface area contributed by atoms with Crippen molar-refractivity contribution in [2.75, 3.05) is 7.11 Å². The minimum atomic E-state index is -1.16. The summed E-state index contributed by atoms with van der Waals surface area (Å²) in [6, 6.07) is 6.60. The van der Waals surface area contributed by atoms with Crippen molar-refractivity contribution in [3.63, 3.8) is 0 Å². The summed E-state index contributed by atoms with van der Waals surface area (Å²) in [6.45, 7) is 0. The first kappa shape index (κ1) is 12.1. The first-order chi connectivity index (χ1) is 7.99. The van der Waals surface area contributed by atoms with E-state index in [1.807, 2.05) is 0 Å². The van der Waals surface area contributed by atoms with Crippen LogP contribution in [0.25, 0.3) is 0 Å². The number of halogens is 1. The second kappa shape index (κ2) is 4.13. The highest BCUT2D eigenvalue weighted by molar-refractivity contribution is 6.31. The van der Waals surface area contributed by atoms with Gasteiger partial charge in [0.15, 0.2) is 5.78 Å². The molecule has 17 heavy (non-hydrogen) atoms. The number of esters is 1. The van der Waals surface area contributed by atoms with E-state index in [0.717, 1.165) is 0 Å². The third-order valence-corrected chi connectivity index (χ3v) is 3.23. The van der Waals surface area contributed by atoms with Crippen LogP contribution in [-0.2, 0) is 9.53 Å². The molecule has 2 unspecified atom stereocenters. The van der Waals surface area contributed by atoms with Crippen molar-refractivity contribution in [1.82, 2.24) is 0 Å². The van der Waals surface area contributed by atoms with E-state index >= 15 is 0 Å². The molecule has 0 aromatic heterocycles. The summed E-state index contributed by atoms with van der Waals surface area (Å²) < 4.78 is 4.57. The lowest BCUT2D eigenvalue weighted by Crippen LogP contribution is -2.38. The SMILES string of the molecule is COC(=O)C1(N)CC1C(=O)c1cccc(Cl)c1. The Morgan fingerprint density at radius 3 is 2.82 bits per heavy atom. The lowest BCUT2D eigenvalue weighted by atomic mass is 10.0. The Morgan fingerprint density at radius 1 is 1.53 bits per heavy atom. The van der Waals surface area contributed by atoms with Crippen LogP contribution in [0.1, 0.15) is 16.8 Å². The van der Waals surface area contributed by atoms with Crippen LogP contribution in [0.3, 0.4) is 0 Å². The highest BCUT2D eigenvalue weighted by Crippen LogP contribution is 2.44. The smallest absolute Gasteiger partial charge is 0.326 e. The maximum Gasteiger partial charge on any atom is 0.326 e. The zero-order valence-corrected chi connectivity index (χ0v) is 10.0. The molecule has 1 fully saturated rings. The monoisotopic (exact) mass is 253 g/mol. The van der Waals surface area contributed by atoms with Crippen LogP contribution in [0.4, 0.5) is 0 Å². The number of rotatable bonds is 3. The number of carbonyl (C=O) groups excluding carboxylic acids is 2. The maximum atomic E-state index is 12.0. The van der Waals surface area contributed by atoms with Gasteiger partial charge in [-0.15, -0.1) is 0 Å². The number of ether oxygens (including phenoxy) is 1. The van der Waals surface area contributed by atoms with Crippen LogP contribution in [0.15, 0.2) is 24.3 Å². The summed E-state index contributed by atoms with van der Waals surface area (Å²) in [4.78, 5) is 23.4. The van der Waals surface area contributed by atoms with Gasteiger partial charge >= 0.3 is 5.97 Å². The molecule has 1 aliphatic rings. The van der Waals surface area contributed by atoms with Crippen molar-refractivity contribution >= 4 is 23.4 Å². The number of hydrogen-bond donors (Lipinski definition) is 1. The Balaban J connectivity index is 2.17. The van der Waals surface area contributed by atoms with E-state index < -0.39 is 17.4 Å². The summed E-state index contributed by atoms with van der Waals surface area (Å²) in [5.74, 6) is -1.22. The number of benzene rings is 1. The Morgan fingerprint density at radius 2 is 2.24 bits per heavy atom. The van der Waals surface area contributed by atoms with Gasteiger partial charge in [0, 0.05) is 10.6 Å². The van der Waals surface area contributed by atoms with E-state index in [-0.39, 0.29) is 5.78 Å². The fourth-order valence-electron chi connectivity index (χ4n) is 1.86. The molecule has 2 N–H and O–H groups in total. The van der Waals surface area contributed by atoms with Gasteiger partial charge in [-0.05, 0) is 18.6 Å². The molecule has 1 aromatic rings. The first-order valence-electron chi connectivity index (χ1n) is 5.16. The average molecular weight is 254 g/mol. The molecule has 2 atom stereocenters. The van der Waals surface area contributed by atoms with Gasteiger partial charge in [0.1, 0.15) is 5.54 Å². The molecule has 4 nitrogen and oxygen atoms in total. The molecule has 90 valence electrons. The van der Waals surface area contributed by atoms with Crippen molar-refractivity contribution in [3.05, 3.63) is 34.9 Å². The summed E-state index contributed by atoms with van der Waals surface area (Å²) in [5.41, 5.74) is 5.11. The van der Waals surface area contributed by atoms with E-state index in [4.69, 9.17) is 17.3 Å². The molecule has 1 aliphatic carbocycles. The normalized spacial score (nSPS) is 26.4. The molecule has 5 heteroatoms. The molecule has 0 spiro atoms. The Hall–Kier alpha value is -1.39. The summed E-state index contributed by atoms with van der Waals surface area (Å²) in [7, 11) is 1.26. The van der Waals surface area contributed by atoms with E-state index in [1.54, 1.807) is 24.3 Å². The predicted molar refractivity (Wildman–Crippen MR) is 62.8 cm³/mol. The topological polar surface area (TPSA) is 69.4 Å². The standard InChI is InChI=1S/C12H12ClNO3/c1-17-11(16)12(14)6-9(12)10(15)7-3-2-4-8(13)5-7/h2-5,9H,6,14H2,1H3. The zero-order chi connectivity index (χ0) is 12.6. The third-order valence-electron chi connectivity index (χ3n) is 2.99. The highest BCUT2D eigenvalue weighted by Gasteiger charge is 2.61. The largest absolute Gasteiger partial charge is 0.468 e. The molecule has 1 saturated carbocycles. The number of Topliss-reactive ketones (excluding diaryl/α,β-unsaturated/α-hetero) is 1. The second-order valence-corrected chi connectivity index (χ2v) is 4.60. The minimum Gasteiger partial charge on any atom is -0.468 e. The molecule has 0 aliphatic heterocycles. The lowest BCUT2D eigenvalue weighted by molar-refractivity contribution is -0.143. The van der Waals surface area contributed by atoms with E-state index in [1.165, 1.54) is 7.11 Å². The molecular weight excluding hydrogens is 242 g/mol. The summed E-state index contributed by atoms with van der Waals surface area (Å²) in [5, 5.41) is 0.484. The molecule has 0 amide bonds. The number of methoxy groups -OCH3 is 1. The molecule has 2 rings (SSSR count). The predicted octanol–water partition coefficient (Wildman–Crippen LogP) is 1.41. The first-order valence-corrected chi connectivity index (χ1v) is 5.54. The molecule has 1 aromatic carbocycles. The Bertz CT molecular complexity index is 488. The third kappa shape index (κ3) is 2.06. The van der Waals surface area contributed by atoms with Crippen molar-refractivity contribution in [3.8, 4) is 0 Å². The maximum absolute atomic E-state index is 12.0. The van der Waals surface area contributed by atoms with Crippen LogP contribution >= 0.6 is 11.6 Å². The minimum absolute atomic E-state index is 0.166. The van der Waals surface area contributed by atoms with Gasteiger partial charge in [-0.3, -0.25) is 9.59 Å². The number of hydrogen-bond acceptors (Lipinski definition) is 4. The van der Waals surface area contributed by atoms with Crippen LogP contribution in [-0.4, -0.2) is 24.4 Å². The molecule has 0 bridgehead atoms. The lowest BCUT2D eigenvalue weighted by Gasteiger charge is -2.08.